The Balaban J connectivity index is 1.70. The van der Waals surface area contributed by atoms with E-state index < -0.39 is 11.6 Å². The van der Waals surface area contributed by atoms with Crippen LogP contribution >= 0.6 is 0 Å². The molecule has 3 aromatic heterocycles. The number of anilines is 1. The Hall–Kier alpha value is -3.39. The summed E-state index contributed by atoms with van der Waals surface area (Å²) in [6.45, 7) is 6.00. The van der Waals surface area contributed by atoms with E-state index in [1.165, 1.54) is 12.1 Å². The molecule has 4 aromatic rings. The van der Waals surface area contributed by atoms with E-state index in [0.29, 0.717) is 34.7 Å². The second kappa shape index (κ2) is 7.70. The van der Waals surface area contributed by atoms with E-state index in [2.05, 4.69) is 29.0 Å². The fourth-order valence-corrected chi connectivity index (χ4v) is 4.22. The highest BCUT2D eigenvalue weighted by Gasteiger charge is 2.24. The lowest BCUT2D eigenvalue weighted by atomic mass is 10.1. The quantitative estimate of drug-likeness (QED) is 0.544. The van der Waals surface area contributed by atoms with Gasteiger partial charge in [-0.15, -0.1) is 5.10 Å². The minimum Gasteiger partial charge on any atom is -0.352 e. The number of benzene rings is 1. The van der Waals surface area contributed by atoms with Crippen molar-refractivity contribution >= 4 is 11.5 Å². The van der Waals surface area contributed by atoms with Gasteiger partial charge in [0.05, 0.1) is 5.69 Å². The van der Waals surface area contributed by atoms with Crippen LogP contribution in [0, 0.1) is 11.6 Å². The van der Waals surface area contributed by atoms with Gasteiger partial charge >= 0.3 is 0 Å². The Kier molecular flexibility index (Phi) is 4.86. The minimum atomic E-state index is -0.910. The van der Waals surface area contributed by atoms with Crippen molar-refractivity contribution in [3.05, 3.63) is 66.5 Å². The molecule has 1 aliphatic rings. The molecular weight excluding hydrogens is 398 g/mol. The lowest BCUT2D eigenvalue weighted by Gasteiger charge is -2.36. The van der Waals surface area contributed by atoms with Gasteiger partial charge in [0, 0.05) is 48.7 Å². The third-order valence-electron chi connectivity index (χ3n) is 5.49. The topological polar surface area (TPSA) is 58.4 Å². The third-order valence-corrected chi connectivity index (χ3v) is 5.49. The summed E-state index contributed by atoms with van der Waals surface area (Å²) < 4.78 is 29.3. The number of rotatable bonds is 3. The van der Waals surface area contributed by atoms with E-state index in [9.17, 15) is 8.78 Å². The van der Waals surface area contributed by atoms with E-state index >= 15 is 0 Å². The maximum absolute atomic E-state index is 14.0. The van der Waals surface area contributed by atoms with Crippen LogP contribution in [0.1, 0.15) is 13.8 Å². The Morgan fingerprint density at radius 2 is 1.65 bits per heavy atom. The van der Waals surface area contributed by atoms with Gasteiger partial charge in [-0.2, -0.15) is 0 Å². The molecule has 6 nitrogen and oxygen atoms in total. The zero-order valence-electron chi connectivity index (χ0n) is 17.3. The largest absolute Gasteiger partial charge is 0.352 e. The summed E-state index contributed by atoms with van der Waals surface area (Å²) in [5.74, 6) is -0.953. The standard InChI is InChI=1S/C23H22F2N6/c1-14-12-30(13-15(2)27-14)21-6-5-20-28-22(17-3-4-18(24)19(25)11-17)23(31(20)29-21)16-7-9-26-10-8-16/h3-11,14-15,27H,12-13H2,1-2H3. The number of aromatic nitrogens is 4. The van der Waals surface area contributed by atoms with Gasteiger partial charge in [0.1, 0.15) is 11.5 Å². The molecule has 0 aliphatic carbocycles. The molecule has 1 fully saturated rings. The summed E-state index contributed by atoms with van der Waals surface area (Å²) in [6.07, 6.45) is 3.38. The van der Waals surface area contributed by atoms with Gasteiger partial charge in [-0.1, -0.05) is 0 Å². The number of fused-ring (bicyclic) bond motifs is 1. The van der Waals surface area contributed by atoms with Crippen LogP contribution in [-0.2, 0) is 0 Å². The van der Waals surface area contributed by atoms with E-state index in [1.54, 1.807) is 16.9 Å². The molecule has 2 unspecified atom stereocenters. The van der Waals surface area contributed by atoms with Crippen molar-refractivity contribution in [2.75, 3.05) is 18.0 Å². The average molecular weight is 420 g/mol. The van der Waals surface area contributed by atoms with Crippen molar-refractivity contribution in [2.24, 2.45) is 0 Å². The molecule has 8 heteroatoms. The number of hydrogen-bond acceptors (Lipinski definition) is 5. The predicted molar refractivity (Wildman–Crippen MR) is 116 cm³/mol. The number of nitrogens with one attached hydrogen (secondary N) is 1. The number of imidazole rings is 1. The smallest absolute Gasteiger partial charge is 0.159 e. The number of pyridine rings is 1. The van der Waals surface area contributed by atoms with Crippen LogP contribution in [0.4, 0.5) is 14.6 Å². The first-order valence-corrected chi connectivity index (χ1v) is 10.3. The summed E-state index contributed by atoms with van der Waals surface area (Å²) in [4.78, 5) is 11.1. The molecule has 0 radical (unpaired) electrons. The Morgan fingerprint density at radius 3 is 2.35 bits per heavy atom. The average Bonchev–Trinajstić information content (AvgIpc) is 3.14. The van der Waals surface area contributed by atoms with Crippen LogP contribution in [-0.4, -0.2) is 44.8 Å². The van der Waals surface area contributed by atoms with E-state index in [0.717, 1.165) is 30.5 Å². The SMILES string of the molecule is CC1CN(c2ccc3nc(-c4ccc(F)c(F)c4)c(-c4ccncc4)n3n2)CC(C)N1. The van der Waals surface area contributed by atoms with Gasteiger partial charge in [0.15, 0.2) is 17.3 Å². The minimum absolute atomic E-state index is 0.349. The molecule has 0 bridgehead atoms. The highest BCUT2D eigenvalue weighted by Crippen LogP contribution is 2.33. The number of hydrogen-bond donors (Lipinski definition) is 1. The number of nitrogens with zero attached hydrogens (tertiary/aromatic N) is 5. The van der Waals surface area contributed by atoms with E-state index in [1.807, 2.05) is 24.3 Å². The van der Waals surface area contributed by atoms with Crippen molar-refractivity contribution < 1.29 is 8.78 Å². The first kappa shape index (κ1) is 19.6. The summed E-state index contributed by atoms with van der Waals surface area (Å²) in [5.41, 5.74) is 3.21. The zero-order chi connectivity index (χ0) is 21.5. The molecule has 0 amide bonds. The van der Waals surface area contributed by atoms with Gasteiger partial charge in [-0.3, -0.25) is 4.98 Å². The summed E-state index contributed by atoms with van der Waals surface area (Å²) in [6, 6.07) is 12.1. The molecule has 1 aliphatic heterocycles. The molecule has 1 aromatic carbocycles. The molecule has 31 heavy (non-hydrogen) atoms. The fourth-order valence-electron chi connectivity index (χ4n) is 4.22. The molecule has 1 saturated heterocycles. The van der Waals surface area contributed by atoms with Crippen LogP contribution < -0.4 is 10.2 Å². The Labute approximate surface area is 178 Å². The third kappa shape index (κ3) is 3.63. The second-order valence-electron chi connectivity index (χ2n) is 8.01. The second-order valence-corrected chi connectivity index (χ2v) is 8.01. The van der Waals surface area contributed by atoms with Crippen molar-refractivity contribution in [1.82, 2.24) is 24.9 Å². The molecule has 1 N–H and O–H groups in total. The first-order valence-electron chi connectivity index (χ1n) is 10.3. The predicted octanol–water partition coefficient (Wildman–Crippen LogP) is 3.92. The van der Waals surface area contributed by atoms with Gasteiger partial charge in [0.2, 0.25) is 0 Å². The summed E-state index contributed by atoms with van der Waals surface area (Å²) in [7, 11) is 0. The van der Waals surface area contributed by atoms with Crippen LogP contribution in [0.5, 0.6) is 0 Å². The monoisotopic (exact) mass is 420 g/mol. The van der Waals surface area contributed by atoms with Crippen molar-refractivity contribution in [1.29, 1.82) is 0 Å². The first-order chi connectivity index (χ1) is 15.0. The van der Waals surface area contributed by atoms with E-state index in [4.69, 9.17) is 10.1 Å². The maximum atomic E-state index is 14.0. The van der Waals surface area contributed by atoms with E-state index in [-0.39, 0.29) is 0 Å². The molecular formula is C23H22F2N6. The molecule has 4 heterocycles. The fraction of sp³-hybridized carbons (Fsp3) is 0.261. The summed E-state index contributed by atoms with van der Waals surface area (Å²) >= 11 is 0. The van der Waals surface area contributed by atoms with Crippen LogP contribution in [0.15, 0.2) is 54.9 Å². The van der Waals surface area contributed by atoms with Crippen molar-refractivity contribution in [3.63, 3.8) is 0 Å². The molecule has 5 rings (SSSR count). The zero-order valence-corrected chi connectivity index (χ0v) is 17.3. The highest BCUT2D eigenvalue weighted by molar-refractivity contribution is 5.81. The Bertz CT molecular complexity index is 1230. The number of halogens is 2. The van der Waals surface area contributed by atoms with Gasteiger partial charge < -0.3 is 10.2 Å². The summed E-state index contributed by atoms with van der Waals surface area (Å²) in [5, 5.41) is 8.42. The van der Waals surface area contributed by atoms with Crippen LogP contribution in [0.25, 0.3) is 28.2 Å². The normalized spacial score (nSPS) is 19.2. The lowest BCUT2D eigenvalue weighted by molar-refractivity contribution is 0.404. The van der Waals surface area contributed by atoms with Crippen LogP contribution in [0.2, 0.25) is 0 Å². The van der Waals surface area contributed by atoms with Crippen molar-refractivity contribution in [2.45, 2.75) is 25.9 Å². The molecule has 0 saturated carbocycles. The number of piperazine rings is 1. The molecule has 2 atom stereocenters. The maximum Gasteiger partial charge on any atom is 0.159 e. The highest BCUT2D eigenvalue weighted by atomic mass is 19.2. The van der Waals surface area contributed by atoms with Gasteiger partial charge in [-0.25, -0.2) is 18.3 Å². The lowest BCUT2D eigenvalue weighted by Crippen LogP contribution is -2.54. The molecule has 158 valence electrons. The van der Waals surface area contributed by atoms with Gasteiger partial charge in [0.25, 0.3) is 0 Å². The van der Waals surface area contributed by atoms with Crippen LogP contribution in [0.3, 0.4) is 0 Å². The Morgan fingerprint density at radius 1 is 0.903 bits per heavy atom. The molecule has 0 spiro atoms. The van der Waals surface area contributed by atoms with Crippen molar-refractivity contribution in [3.8, 4) is 22.5 Å². The van der Waals surface area contributed by atoms with Gasteiger partial charge in [-0.05, 0) is 56.3 Å².